The van der Waals surface area contributed by atoms with Gasteiger partial charge in [0.25, 0.3) is 11.8 Å². The molecule has 2 heterocycles. The molecule has 5 amide bonds. The van der Waals surface area contributed by atoms with Gasteiger partial charge < -0.3 is 20.5 Å². The molecule has 1 aromatic carbocycles. The van der Waals surface area contributed by atoms with Crippen LogP contribution in [0, 0.1) is 0 Å². The number of piperidine rings is 1. The number of aliphatic hydroxyl groups excluding tert-OH is 1. The normalized spacial score (nSPS) is 18.3. The van der Waals surface area contributed by atoms with E-state index in [0.29, 0.717) is 5.69 Å². The molecule has 30 heavy (non-hydrogen) atoms. The van der Waals surface area contributed by atoms with E-state index in [1.807, 2.05) is 0 Å². The zero-order valence-electron chi connectivity index (χ0n) is 16.1. The van der Waals surface area contributed by atoms with Crippen LogP contribution in [0.5, 0.6) is 0 Å². The smallest absolute Gasteiger partial charge is 0.264 e. The average molecular weight is 418 g/mol. The highest BCUT2D eigenvalue weighted by molar-refractivity contribution is 6.25. The van der Waals surface area contributed by atoms with E-state index in [1.54, 1.807) is 12.1 Å². The lowest BCUT2D eigenvalue weighted by molar-refractivity contribution is -0.136. The van der Waals surface area contributed by atoms with Crippen molar-refractivity contribution in [3.8, 4) is 0 Å². The molecule has 0 bridgehead atoms. The van der Waals surface area contributed by atoms with Gasteiger partial charge in [-0.15, -0.1) is 0 Å². The van der Waals surface area contributed by atoms with Crippen molar-refractivity contribution in [1.82, 2.24) is 15.5 Å². The van der Waals surface area contributed by atoms with Gasteiger partial charge in [-0.2, -0.15) is 0 Å². The molecule has 1 atom stereocenters. The molecule has 2 aliphatic rings. The number of carbonyl (C=O) groups is 5. The Morgan fingerprint density at radius 3 is 2.73 bits per heavy atom. The van der Waals surface area contributed by atoms with Crippen molar-refractivity contribution in [3.63, 3.8) is 0 Å². The van der Waals surface area contributed by atoms with Gasteiger partial charge in [-0.1, -0.05) is 6.07 Å². The summed E-state index contributed by atoms with van der Waals surface area (Å²) in [5, 5.41) is 16.2. The number of anilines is 1. The van der Waals surface area contributed by atoms with E-state index in [1.165, 1.54) is 6.07 Å². The maximum Gasteiger partial charge on any atom is 0.264 e. The van der Waals surface area contributed by atoms with Crippen LogP contribution < -0.4 is 16.0 Å². The minimum absolute atomic E-state index is 0.0388. The first kappa shape index (κ1) is 21.4. The molecule has 1 unspecified atom stereocenters. The third-order valence-electron chi connectivity index (χ3n) is 4.71. The summed E-state index contributed by atoms with van der Waals surface area (Å²) >= 11 is 0. The lowest BCUT2D eigenvalue weighted by Gasteiger charge is -2.27. The molecule has 1 fully saturated rings. The van der Waals surface area contributed by atoms with Crippen LogP contribution in [0.15, 0.2) is 18.2 Å². The van der Waals surface area contributed by atoms with Crippen LogP contribution in [0.4, 0.5) is 5.69 Å². The second-order valence-electron chi connectivity index (χ2n) is 6.71. The maximum absolute atomic E-state index is 12.9. The zero-order valence-corrected chi connectivity index (χ0v) is 16.1. The van der Waals surface area contributed by atoms with Crippen LogP contribution >= 0.6 is 0 Å². The summed E-state index contributed by atoms with van der Waals surface area (Å²) in [6.07, 6.45) is 0.108. The van der Waals surface area contributed by atoms with Crippen LogP contribution in [-0.4, -0.2) is 78.5 Å². The Morgan fingerprint density at radius 2 is 2.00 bits per heavy atom. The fraction of sp³-hybridized carbons (Fsp3) is 0.421. The third-order valence-corrected chi connectivity index (χ3v) is 4.71. The van der Waals surface area contributed by atoms with E-state index in [2.05, 4.69) is 16.0 Å². The second-order valence-corrected chi connectivity index (χ2v) is 6.71. The van der Waals surface area contributed by atoms with Crippen LogP contribution in [0.25, 0.3) is 0 Å². The summed E-state index contributed by atoms with van der Waals surface area (Å²) in [4.78, 5) is 62.0. The van der Waals surface area contributed by atoms with Gasteiger partial charge in [-0.3, -0.25) is 34.2 Å². The number of benzene rings is 1. The van der Waals surface area contributed by atoms with Gasteiger partial charge in [0.2, 0.25) is 17.7 Å². The first-order valence-corrected chi connectivity index (χ1v) is 9.47. The Morgan fingerprint density at radius 1 is 1.20 bits per heavy atom. The van der Waals surface area contributed by atoms with Crippen LogP contribution in [-0.2, 0) is 19.1 Å². The summed E-state index contributed by atoms with van der Waals surface area (Å²) in [6, 6.07) is 3.56. The van der Waals surface area contributed by atoms with Gasteiger partial charge >= 0.3 is 0 Å². The fourth-order valence-electron chi connectivity index (χ4n) is 3.33. The number of ether oxygens (including phenoxy) is 1. The largest absolute Gasteiger partial charge is 0.394 e. The van der Waals surface area contributed by atoms with Crippen molar-refractivity contribution in [2.24, 2.45) is 0 Å². The van der Waals surface area contributed by atoms with E-state index in [0.717, 1.165) is 4.90 Å². The Bertz CT molecular complexity index is 886. The number of nitrogens with zero attached hydrogens (tertiary/aromatic N) is 1. The number of imide groups is 2. The first-order valence-electron chi connectivity index (χ1n) is 9.47. The zero-order chi connectivity index (χ0) is 21.7. The van der Waals surface area contributed by atoms with Gasteiger partial charge in [0.15, 0.2) is 0 Å². The fourth-order valence-corrected chi connectivity index (χ4v) is 3.33. The third kappa shape index (κ3) is 4.47. The Hall–Kier alpha value is -3.31. The molecule has 0 aromatic heterocycles. The highest BCUT2D eigenvalue weighted by atomic mass is 16.5. The number of nitrogens with one attached hydrogen (secondary N) is 3. The topological polar surface area (TPSA) is 154 Å². The predicted octanol–water partition coefficient (Wildman–Crippen LogP) is -1.38. The van der Waals surface area contributed by atoms with Gasteiger partial charge in [-0.05, 0) is 18.6 Å². The predicted molar refractivity (Wildman–Crippen MR) is 103 cm³/mol. The molecule has 0 spiro atoms. The first-order chi connectivity index (χ1) is 14.4. The standard InChI is InChI=1S/C19H22N4O7/c24-7-9-30-8-6-20-15(26)10-21-12-3-1-2-11-16(12)19(29)23(18(11)28)13-4-5-14(25)22-17(13)27/h1-3,13,21,24H,4-10H2,(H,20,26)(H,22,25,27). The molecular formula is C19H22N4O7. The lowest BCUT2D eigenvalue weighted by atomic mass is 10.0. The minimum atomic E-state index is -1.05. The highest BCUT2D eigenvalue weighted by Gasteiger charge is 2.45. The van der Waals surface area contributed by atoms with Crippen LogP contribution in [0.2, 0.25) is 0 Å². The molecule has 4 N–H and O–H groups in total. The van der Waals surface area contributed by atoms with Crippen molar-refractivity contribution >= 4 is 35.2 Å². The van der Waals surface area contributed by atoms with Gasteiger partial charge in [0.05, 0.1) is 37.5 Å². The summed E-state index contributed by atoms with van der Waals surface area (Å²) in [7, 11) is 0. The number of fused-ring (bicyclic) bond motifs is 1. The Labute approximate surface area is 171 Å². The van der Waals surface area contributed by atoms with Crippen LogP contribution in [0.1, 0.15) is 33.6 Å². The van der Waals surface area contributed by atoms with Crippen LogP contribution in [0.3, 0.4) is 0 Å². The number of hydrogen-bond acceptors (Lipinski definition) is 8. The van der Waals surface area contributed by atoms with Crippen molar-refractivity contribution in [2.45, 2.75) is 18.9 Å². The van der Waals surface area contributed by atoms with Gasteiger partial charge in [0, 0.05) is 18.7 Å². The van der Waals surface area contributed by atoms with Gasteiger partial charge in [0.1, 0.15) is 6.04 Å². The molecule has 11 nitrogen and oxygen atoms in total. The number of hydrogen-bond donors (Lipinski definition) is 4. The van der Waals surface area contributed by atoms with E-state index in [4.69, 9.17) is 9.84 Å². The summed E-state index contributed by atoms with van der Waals surface area (Å²) < 4.78 is 5.04. The van der Waals surface area contributed by atoms with E-state index >= 15 is 0 Å². The SMILES string of the molecule is O=C(CNc1cccc2c1C(=O)N(C1CCC(=O)NC1=O)C2=O)NCCOCCO. The van der Waals surface area contributed by atoms with Crippen molar-refractivity contribution in [2.75, 3.05) is 38.2 Å². The molecule has 160 valence electrons. The van der Waals surface area contributed by atoms with Gasteiger partial charge in [-0.25, -0.2) is 0 Å². The molecule has 3 rings (SSSR count). The van der Waals surface area contributed by atoms with Crippen molar-refractivity contribution in [1.29, 1.82) is 0 Å². The number of rotatable bonds is 9. The number of aliphatic hydroxyl groups is 1. The molecule has 1 aromatic rings. The monoisotopic (exact) mass is 418 g/mol. The highest BCUT2D eigenvalue weighted by Crippen LogP contribution is 2.32. The van der Waals surface area contributed by atoms with E-state index in [-0.39, 0.29) is 62.8 Å². The quantitative estimate of drug-likeness (QED) is 0.283. The van der Waals surface area contributed by atoms with E-state index in [9.17, 15) is 24.0 Å². The molecule has 0 radical (unpaired) electrons. The number of amides is 5. The summed E-state index contributed by atoms with van der Waals surface area (Å²) in [5.41, 5.74) is 0.520. The van der Waals surface area contributed by atoms with Crippen molar-refractivity contribution < 1.29 is 33.8 Å². The van der Waals surface area contributed by atoms with Crippen molar-refractivity contribution in [3.05, 3.63) is 29.3 Å². The number of carbonyl (C=O) groups excluding carboxylic acids is 5. The second kappa shape index (κ2) is 9.46. The maximum atomic E-state index is 12.9. The molecule has 2 aliphatic heterocycles. The summed E-state index contributed by atoms with van der Waals surface area (Å²) in [6.45, 7) is 0.451. The summed E-state index contributed by atoms with van der Waals surface area (Å²) in [5.74, 6) is -2.73. The molecular weight excluding hydrogens is 396 g/mol. The Kier molecular flexibility index (Phi) is 6.75. The molecule has 0 saturated carbocycles. The minimum Gasteiger partial charge on any atom is -0.394 e. The van der Waals surface area contributed by atoms with E-state index < -0.39 is 29.7 Å². The average Bonchev–Trinajstić information content (AvgIpc) is 2.97. The molecule has 0 aliphatic carbocycles. The Balaban J connectivity index is 1.66. The molecule has 1 saturated heterocycles. The molecule has 11 heteroatoms. The lowest BCUT2D eigenvalue weighted by Crippen LogP contribution is -2.54.